The van der Waals surface area contributed by atoms with Crippen molar-refractivity contribution < 1.29 is 27.9 Å². The fourth-order valence-corrected chi connectivity index (χ4v) is 3.25. The maximum absolute atomic E-state index is 12.3. The third-order valence-electron chi connectivity index (χ3n) is 2.64. The fourth-order valence-electron chi connectivity index (χ4n) is 1.57. The van der Waals surface area contributed by atoms with Crippen LogP contribution in [0.2, 0.25) is 5.02 Å². The summed E-state index contributed by atoms with van der Waals surface area (Å²) in [4.78, 5) is 20.9. The minimum Gasteiger partial charge on any atom is -0.549 e. The molecule has 0 aliphatic carbocycles. The molecule has 0 saturated heterocycles. The van der Waals surface area contributed by atoms with Crippen LogP contribution in [0.25, 0.3) is 0 Å². The van der Waals surface area contributed by atoms with Gasteiger partial charge in [0.25, 0.3) is 5.91 Å². The summed E-state index contributed by atoms with van der Waals surface area (Å²) in [5.41, 5.74) is 5.45. The smallest absolute Gasteiger partial charge is 0.255 e. The number of primary amides is 1. The second-order valence-electron chi connectivity index (χ2n) is 4.44. The van der Waals surface area contributed by atoms with Gasteiger partial charge in [-0.1, -0.05) is 11.6 Å². The lowest BCUT2D eigenvalue weighted by molar-refractivity contribution is -0.305. The number of aliphatic carboxylic acids is 1. The average molecular weight is 350 g/mol. The van der Waals surface area contributed by atoms with Crippen molar-refractivity contribution in [2.45, 2.75) is 11.8 Å². The van der Waals surface area contributed by atoms with E-state index >= 15 is 0 Å². The normalized spacial score (nSPS) is 11.5. The molecular weight excluding hydrogens is 336 g/mol. The van der Waals surface area contributed by atoms with Crippen molar-refractivity contribution in [2.24, 2.45) is 5.73 Å². The molecule has 0 radical (unpaired) electrons. The number of benzene rings is 1. The highest BCUT2D eigenvalue weighted by atomic mass is 35.5. The number of carbonyl (C=O) groups excluding carboxylic acids is 2. The van der Waals surface area contributed by atoms with E-state index in [1.165, 1.54) is 6.07 Å². The number of hydrogen-bond donors (Lipinski definition) is 1. The van der Waals surface area contributed by atoms with E-state index in [0.717, 1.165) is 13.1 Å². The van der Waals surface area contributed by atoms with E-state index in [4.69, 9.17) is 22.1 Å². The minimum absolute atomic E-state index is 0.101. The average Bonchev–Trinajstić information content (AvgIpc) is 2.36. The molecule has 0 aliphatic heterocycles. The molecule has 1 amide bonds. The minimum atomic E-state index is -4.16. The van der Waals surface area contributed by atoms with Gasteiger partial charge in [-0.15, -0.1) is 0 Å². The second kappa shape index (κ2) is 6.95. The van der Waals surface area contributed by atoms with Gasteiger partial charge in [0, 0.05) is 13.1 Å². The van der Waals surface area contributed by atoms with Crippen LogP contribution in [-0.2, 0) is 19.6 Å². The van der Waals surface area contributed by atoms with Crippen molar-refractivity contribution in [1.29, 1.82) is 0 Å². The first-order valence-corrected chi connectivity index (χ1v) is 7.75. The highest BCUT2D eigenvalue weighted by Crippen LogP contribution is 2.31. The number of carboxylic acid groups (broad SMARTS) is 1. The molecule has 0 bridgehead atoms. The van der Waals surface area contributed by atoms with Crippen LogP contribution in [0.1, 0.15) is 5.56 Å². The van der Waals surface area contributed by atoms with Crippen LogP contribution in [0.3, 0.4) is 0 Å². The van der Waals surface area contributed by atoms with Crippen LogP contribution in [0, 0.1) is 6.92 Å². The predicted molar refractivity (Wildman–Crippen MR) is 75.7 cm³/mol. The monoisotopic (exact) mass is 349 g/mol. The standard InChI is InChI=1S/C12H15ClN2O6S/c1-7-3-8(13)10(4-9(7)21-6-11(14)16)22(19,20)15(2)5-12(17)18/h3-4H,5-6H2,1-2H3,(H2,14,16)(H,17,18)/p-1. The van der Waals surface area contributed by atoms with Crippen LogP contribution in [-0.4, -0.2) is 44.8 Å². The van der Waals surface area contributed by atoms with Crippen LogP contribution < -0.4 is 15.6 Å². The molecule has 8 nitrogen and oxygen atoms in total. The zero-order valence-corrected chi connectivity index (χ0v) is 13.4. The molecule has 0 heterocycles. The Kier molecular flexibility index (Phi) is 5.75. The number of nitrogens with zero attached hydrogens (tertiary/aromatic N) is 1. The van der Waals surface area contributed by atoms with Gasteiger partial charge in [-0.05, 0) is 18.6 Å². The molecule has 1 aromatic carbocycles. The molecule has 0 unspecified atom stereocenters. The van der Waals surface area contributed by atoms with E-state index in [1.807, 2.05) is 0 Å². The van der Waals surface area contributed by atoms with Crippen LogP contribution in [0.15, 0.2) is 17.0 Å². The third-order valence-corrected chi connectivity index (χ3v) is 4.91. The summed E-state index contributed by atoms with van der Waals surface area (Å²) in [6.07, 6.45) is 0. The van der Waals surface area contributed by atoms with Gasteiger partial charge in [0.15, 0.2) is 6.61 Å². The van der Waals surface area contributed by atoms with E-state index in [-0.39, 0.29) is 15.7 Å². The molecule has 2 N–H and O–H groups in total. The molecule has 10 heteroatoms. The van der Waals surface area contributed by atoms with Gasteiger partial charge in [-0.3, -0.25) is 4.79 Å². The number of carbonyl (C=O) groups is 2. The SMILES string of the molecule is Cc1cc(Cl)c(S(=O)(=O)N(C)CC(=O)[O-])cc1OCC(N)=O. The molecule has 1 rings (SSSR count). The number of nitrogens with two attached hydrogens (primary N) is 1. The number of carboxylic acids is 1. The first-order valence-electron chi connectivity index (χ1n) is 5.93. The van der Waals surface area contributed by atoms with E-state index < -0.39 is 35.1 Å². The third kappa shape index (κ3) is 4.33. The summed E-state index contributed by atoms with van der Waals surface area (Å²) in [6.45, 7) is 0.338. The largest absolute Gasteiger partial charge is 0.549 e. The molecule has 0 atom stereocenters. The molecule has 122 valence electrons. The molecule has 0 spiro atoms. The lowest BCUT2D eigenvalue weighted by atomic mass is 10.2. The quantitative estimate of drug-likeness (QED) is 0.663. The lowest BCUT2D eigenvalue weighted by Gasteiger charge is -2.19. The van der Waals surface area contributed by atoms with Crippen molar-refractivity contribution in [3.63, 3.8) is 0 Å². The number of rotatable bonds is 7. The van der Waals surface area contributed by atoms with Crippen molar-refractivity contribution in [2.75, 3.05) is 20.2 Å². The predicted octanol–water partition coefficient (Wildman–Crippen LogP) is -1.12. The van der Waals surface area contributed by atoms with Crippen molar-refractivity contribution in [1.82, 2.24) is 4.31 Å². The maximum Gasteiger partial charge on any atom is 0.255 e. The van der Waals surface area contributed by atoms with E-state index in [0.29, 0.717) is 9.87 Å². The summed E-state index contributed by atoms with van der Waals surface area (Å²) in [5.74, 6) is -2.18. The van der Waals surface area contributed by atoms with Gasteiger partial charge >= 0.3 is 0 Å². The number of sulfonamides is 1. The zero-order chi connectivity index (χ0) is 17.1. The number of amides is 1. The molecule has 0 fully saturated rings. The lowest BCUT2D eigenvalue weighted by Crippen LogP contribution is -2.39. The van der Waals surface area contributed by atoms with Gasteiger partial charge in [-0.2, -0.15) is 4.31 Å². The van der Waals surface area contributed by atoms with Gasteiger partial charge in [0.1, 0.15) is 10.6 Å². The summed E-state index contributed by atoms with van der Waals surface area (Å²) < 4.78 is 30.3. The zero-order valence-electron chi connectivity index (χ0n) is 11.8. The van der Waals surface area contributed by atoms with E-state index in [9.17, 15) is 23.1 Å². The summed E-state index contributed by atoms with van der Waals surface area (Å²) in [6, 6.07) is 2.44. The number of hydrogen-bond acceptors (Lipinski definition) is 6. The summed E-state index contributed by atoms with van der Waals surface area (Å²) in [7, 11) is -3.08. The highest BCUT2D eigenvalue weighted by Gasteiger charge is 2.25. The topological polar surface area (TPSA) is 130 Å². The Balaban J connectivity index is 3.26. The number of halogens is 1. The van der Waals surface area contributed by atoms with Crippen LogP contribution >= 0.6 is 11.6 Å². The number of likely N-dealkylation sites (N-methyl/N-ethyl adjacent to an activating group) is 1. The Hall–Kier alpha value is -1.84. The fraction of sp³-hybridized carbons (Fsp3) is 0.333. The Morgan fingerprint density at radius 2 is 2.00 bits per heavy atom. The second-order valence-corrected chi connectivity index (χ2v) is 6.86. The first kappa shape index (κ1) is 18.2. The van der Waals surface area contributed by atoms with Gasteiger partial charge in [-0.25, -0.2) is 8.42 Å². The van der Waals surface area contributed by atoms with Crippen LogP contribution in [0.5, 0.6) is 5.75 Å². The number of aryl methyl sites for hydroxylation is 1. The Morgan fingerprint density at radius 3 is 2.50 bits per heavy atom. The maximum atomic E-state index is 12.3. The first-order chi connectivity index (χ1) is 10.1. The summed E-state index contributed by atoms with van der Waals surface area (Å²) in [5, 5.41) is 10.4. The highest BCUT2D eigenvalue weighted by molar-refractivity contribution is 7.89. The van der Waals surface area contributed by atoms with E-state index in [1.54, 1.807) is 6.92 Å². The van der Waals surface area contributed by atoms with Crippen molar-refractivity contribution in [3.8, 4) is 5.75 Å². The molecule has 0 aromatic heterocycles. The van der Waals surface area contributed by atoms with Gasteiger partial charge < -0.3 is 20.4 Å². The van der Waals surface area contributed by atoms with Gasteiger partial charge in [0.05, 0.1) is 17.5 Å². The Morgan fingerprint density at radius 1 is 1.41 bits per heavy atom. The molecule has 0 saturated carbocycles. The van der Waals surface area contributed by atoms with E-state index in [2.05, 4.69) is 0 Å². The number of ether oxygens (including phenoxy) is 1. The molecule has 22 heavy (non-hydrogen) atoms. The van der Waals surface area contributed by atoms with Crippen LogP contribution in [0.4, 0.5) is 0 Å². The van der Waals surface area contributed by atoms with Gasteiger partial charge in [0.2, 0.25) is 10.0 Å². The summed E-state index contributed by atoms with van der Waals surface area (Å²) >= 11 is 5.91. The Labute approximate surface area is 132 Å². The van der Waals surface area contributed by atoms with Crippen molar-refractivity contribution in [3.05, 3.63) is 22.7 Å². The molecule has 1 aromatic rings. The molecular formula is C12H14ClN2O6S-. The molecule has 0 aliphatic rings. The Bertz CT molecular complexity index is 704. The van der Waals surface area contributed by atoms with Crippen molar-refractivity contribution >= 4 is 33.5 Å².